The van der Waals surface area contributed by atoms with Crippen LogP contribution in [-0.2, 0) is 4.74 Å². The van der Waals surface area contributed by atoms with Crippen molar-refractivity contribution in [3.8, 4) is 0 Å². The number of ether oxygens (including phenoxy) is 1. The van der Waals surface area contributed by atoms with E-state index in [4.69, 9.17) is 4.74 Å². The molecule has 0 aromatic rings. The first-order chi connectivity index (χ1) is 7.89. The van der Waals surface area contributed by atoms with Crippen LogP contribution in [0.3, 0.4) is 0 Å². The van der Waals surface area contributed by atoms with E-state index in [0.717, 1.165) is 18.6 Å². The minimum atomic E-state index is -0.0742. The Morgan fingerprint density at radius 2 is 1.25 bits per heavy atom. The predicted molar refractivity (Wildman–Crippen MR) is 70.0 cm³/mol. The number of cyclic esters (lactones) is 1. The fraction of sp³-hybridized carbons (Fsp3) is 0.923. The zero-order valence-electron chi connectivity index (χ0n) is 10.2. The maximum atomic E-state index is 11.3. The van der Waals surface area contributed by atoms with Gasteiger partial charge in [-0.05, 0) is 24.6 Å². The standard InChI is InChI=1S/C13H24O2S/c14-13-15-11-9-7-5-3-1-2-4-6-8-10-12-16-13/h1-12H2. The number of hydrogen-bond donors (Lipinski definition) is 0. The van der Waals surface area contributed by atoms with Crippen LogP contribution >= 0.6 is 11.8 Å². The second-order valence-corrected chi connectivity index (χ2v) is 5.51. The van der Waals surface area contributed by atoms with Crippen LogP contribution < -0.4 is 0 Å². The van der Waals surface area contributed by atoms with E-state index in [0.29, 0.717) is 6.61 Å². The topological polar surface area (TPSA) is 26.3 Å². The summed E-state index contributed by atoms with van der Waals surface area (Å²) in [6.07, 6.45) is 12.8. The summed E-state index contributed by atoms with van der Waals surface area (Å²) >= 11 is 1.35. The molecule has 0 amide bonds. The van der Waals surface area contributed by atoms with Gasteiger partial charge in [-0.2, -0.15) is 0 Å². The third-order valence-electron chi connectivity index (χ3n) is 2.98. The van der Waals surface area contributed by atoms with Crippen molar-refractivity contribution >= 4 is 17.1 Å². The van der Waals surface area contributed by atoms with E-state index in [9.17, 15) is 4.79 Å². The van der Waals surface area contributed by atoms with Crippen LogP contribution in [0.5, 0.6) is 0 Å². The number of carbonyl (C=O) groups excluding carboxylic acids is 1. The van der Waals surface area contributed by atoms with Crippen molar-refractivity contribution in [2.24, 2.45) is 0 Å². The van der Waals surface area contributed by atoms with Gasteiger partial charge in [0.25, 0.3) is 0 Å². The highest BCUT2D eigenvalue weighted by atomic mass is 32.2. The van der Waals surface area contributed by atoms with E-state index in [1.54, 1.807) is 0 Å². The molecule has 16 heavy (non-hydrogen) atoms. The molecule has 2 nitrogen and oxygen atoms in total. The molecule has 1 heterocycles. The van der Waals surface area contributed by atoms with Gasteiger partial charge in [0.1, 0.15) is 0 Å². The van der Waals surface area contributed by atoms with E-state index in [-0.39, 0.29) is 5.30 Å². The SMILES string of the molecule is O=C1OCCCCCCCCCCCCS1. The van der Waals surface area contributed by atoms with Crippen molar-refractivity contribution in [1.82, 2.24) is 0 Å². The van der Waals surface area contributed by atoms with E-state index >= 15 is 0 Å². The summed E-state index contributed by atoms with van der Waals surface area (Å²) in [7, 11) is 0. The summed E-state index contributed by atoms with van der Waals surface area (Å²) in [5.41, 5.74) is 0. The third-order valence-corrected chi connectivity index (χ3v) is 3.82. The molecule has 0 aliphatic carbocycles. The van der Waals surface area contributed by atoms with Crippen molar-refractivity contribution in [2.75, 3.05) is 12.4 Å². The van der Waals surface area contributed by atoms with Crippen molar-refractivity contribution < 1.29 is 9.53 Å². The van der Waals surface area contributed by atoms with Crippen LogP contribution in [-0.4, -0.2) is 17.7 Å². The molecule has 0 bridgehead atoms. The molecule has 0 spiro atoms. The Kier molecular flexibility index (Phi) is 8.68. The lowest BCUT2D eigenvalue weighted by Gasteiger charge is -2.03. The molecule has 0 N–H and O–H groups in total. The third kappa shape index (κ3) is 8.03. The Balaban J connectivity index is 2.13. The molecule has 0 atom stereocenters. The molecule has 1 aliphatic rings. The molecule has 94 valence electrons. The fourth-order valence-corrected chi connectivity index (χ4v) is 2.65. The average Bonchev–Trinajstić information content (AvgIpc) is 2.29. The monoisotopic (exact) mass is 244 g/mol. The van der Waals surface area contributed by atoms with Gasteiger partial charge in [-0.1, -0.05) is 51.4 Å². The van der Waals surface area contributed by atoms with E-state index in [1.807, 2.05) is 0 Å². The molecule has 1 fully saturated rings. The Bertz CT molecular complexity index is 165. The average molecular weight is 244 g/mol. The highest BCUT2D eigenvalue weighted by Crippen LogP contribution is 2.15. The smallest absolute Gasteiger partial charge is 0.367 e. The molecule has 1 saturated heterocycles. The highest BCUT2D eigenvalue weighted by molar-refractivity contribution is 8.13. The van der Waals surface area contributed by atoms with Crippen LogP contribution in [0.2, 0.25) is 0 Å². The van der Waals surface area contributed by atoms with Gasteiger partial charge in [0, 0.05) is 5.75 Å². The van der Waals surface area contributed by atoms with Gasteiger partial charge >= 0.3 is 5.30 Å². The second-order valence-electron chi connectivity index (χ2n) is 4.48. The Hall–Kier alpha value is -0.180. The molecule has 0 saturated carbocycles. The van der Waals surface area contributed by atoms with Crippen LogP contribution in [0.25, 0.3) is 0 Å². The first kappa shape index (κ1) is 13.9. The van der Waals surface area contributed by atoms with E-state index < -0.39 is 0 Å². The normalized spacial score (nSPS) is 22.9. The van der Waals surface area contributed by atoms with Crippen LogP contribution in [0.1, 0.15) is 64.2 Å². The Morgan fingerprint density at radius 3 is 1.88 bits per heavy atom. The van der Waals surface area contributed by atoms with Crippen LogP contribution in [0.4, 0.5) is 4.79 Å². The minimum Gasteiger partial charge on any atom is -0.458 e. The lowest BCUT2D eigenvalue weighted by Crippen LogP contribution is -2.00. The first-order valence-corrected chi connectivity index (χ1v) is 7.68. The van der Waals surface area contributed by atoms with Crippen molar-refractivity contribution in [1.29, 1.82) is 0 Å². The van der Waals surface area contributed by atoms with Crippen molar-refractivity contribution in [2.45, 2.75) is 64.2 Å². The quantitative estimate of drug-likeness (QED) is 0.574. The minimum absolute atomic E-state index is 0.0742. The van der Waals surface area contributed by atoms with Gasteiger partial charge < -0.3 is 4.74 Å². The summed E-state index contributed by atoms with van der Waals surface area (Å²) in [5, 5.41) is -0.0742. The summed E-state index contributed by atoms with van der Waals surface area (Å²) in [6.45, 7) is 0.617. The largest absolute Gasteiger partial charge is 0.458 e. The van der Waals surface area contributed by atoms with Gasteiger partial charge in [0.05, 0.1) is 6.61 Å². The Labute approximate surface area is 104 Å². The lowest BCUT2D eigenvalue weighted by molar-refractivity contribution is 0.172. The van der Waals surface area contributed by atoms with Crippen molar-refractivity contribution in [3.63, 3.8) is 0 Å². The summed E-state index contributed by atoms with van der Waals surface area (Å²) in [4.78, 5) is 11.3. The van der Waals surface area contributed by atoms with Crippen molar-refractivity contribution in [3.05, 3.63) is 0 Å². The molecule has 0 radical (unpaired) electrons. The highest BCUT2D eigenvalue weighted by Gasteiger charge is 2.03. The van der Waals surface area contributed by atoms with Crippen LogP contribution in [0, 0.1) is 0 Å². The molecular weight excluding hydrogens is 220 g/mol. The zero-order chi connectivity index (χ0) is 11.5. The first-order valence-electron chi connectivity index (χ1n) is 6.69. The van der Waals surface area contributed by atoms with Crippen LogP contribution in [0.15, 0.2) is 0 Å². The number of thioether (sulfide) groups is 1. The van der Waals surface area contributed by atoms with Gasteiger partial charge in [0.15, 0.2) is 0 Å². The maximum absolute atomic E-state index is 11.3. The van der Waals surface area contributed by atoms with Gasteiger partial charge in [-0.25, -0.2) is 4.79 Å². The van der Waals surface area contributed by atoms with E-state index in [2.05, 4.69) is 0 Å². The second kappa shape index (κ2) is 10.0. The van der Waals surface area contributed by atoms with E-state index in [1.165, 1.54) is 63.1 Å². The molecule has 0 aromatic heterocycles. The van der Waals surface area contributed by atoms with Gasteiger partial charge in [-0.15, -0.1) is 0 Å². The fourth-order valence-electron chi connectivity index (χ4n) is 1.97. The molecule has 1 aliphatic heterocycles. The molecule has 0 aromatic carbocycles. The lowest BCUT2D eigenvalue weighted by atomic mass is 10.1. The molecule has 3 heteroatoms. The maximum Gasteiger partial charge on any atom is 0.367 e. The summed E-state index contributed by atoms with van der Waals surface area (Å²) in [6, 6.07) is 0. The number of hydrogen-bond acceptors (Lipinski definition) is 3. The van der Waals surface area contributed by atoms with Gasteiger partial charge in [-0.3, -0.25) is 0 Å². The zero-order valence-corrected chi connectivity index (χ0v) is 11.0. The predicted octanol–water partition coefficient (Wildman–Crippen LogP) is 4.77. The Morgan fingerprint density at radius 1 is 0.750 bits per heavy atom. The number of carbonyl (C=O) groups is 1. The summed E-state index contributed by atoms with van der Waals surface area (Å²) < 4.78 is 5.14. The summed E-state index contributed by atoms with van der Waals surface area (Å²) in [5.74, 6) is 0.929. The molecule has 1 rings (SSSR count). The molecule has 0 unspecified atom stereocenters. The molecular formula is C13H24O2S. The number of rotatable bonds is 0. The van der Waals surface area contributed by atoms with Gasteiger partial charge in [0.2, 0.25) is 0 Å².